The molecule has 2 aliphatic heterocycles. The molecule has 1 aromatic carbocycles. The molecule has 12 nitrogen and oxygen atoms in total. The number of likely N-dealkylation sites (tertiary alicyclic amines) is 1. The van der Waals surface area contributed by atoms with Crippen LogP contribution >= 0.6 is 0 Å². The molecule has 1 unspecified atom stereocenters. The summed E-state index contributed by atoms with van der Waals surface area (Å²) < 4.78 is 31.6. The maximum absolute atomic E-state index is 13.2. The summed E-state index contributed by atoms with van der Waals surface area (Å²) in [6.45, 7) is 7.73. The quantitative estimate of drug-likeness (QED) is 0.313. The van der Waals surface area contributed by atoms with Gasteiger partial charge in [0.05, 0.1) is 12.9 Å². The number of amides is 4. The van der Waals surface area contributed by atoms with E-state index in [-0.39, 0.29) is 24.2 Å². The molecule has 0 spiro atoms. The summed E-state index contributed by atoms with van der Waals surface area (Å²) in [6.07, 6.45) is 4.11. The van der Waals surface area contributed by atoms with Gasteiger partial charge in [0, 0.05) is 58.3 Å². The first-order valence-corrected chi connectivity index (χ1v) is 20.1. The first kappa shape index (κ1) is 33.0. The number of urea groups is 2. The SMILES string of the molecule is COC(=O)C(Cc1cccnn(S(=O)(=O)CC[Si](C)(C)C)ccc1)NC(=O)N1CCC(N2Cc3ccccc3NC2=O)CC1. The Morgan fingerprint density at radius 3 is 2.50 bits per heavy atom. The lowest BCUT2D eigenvalue weighted by Gasteiger charge is -2.40. The van der Waals surface area contributed by atoms with Crippen molar-refractivity contribution < 1.29 is 27.5 Å². The number of hydrogen-bond donors (Lipinski definition) is 2. The smallest absolute Gasteiger partial charge is 0.328 e. The van der Waals surface area contributed by atoms with Gasteiger partial charge in [-0.05, 0) is 48.2 Å². The van der Waals surface area contributed by atoms with Gasteiger partial charge < -0.3 is 25.2 Å². The Kier molecular flexibility index (Phi) is 10.7. The minimum atomic E-state index is -3.63. The highest BCUT2D eigenvalue weighted by molar-refractivity contribution is 7.89. The number of hydrogen-bond acceptors (Lipinski definition) is 7. The second kappa shape index (κ2) is 14.2. The van der Waals surface area contributed by atoms with Crippen LogP contribution in [0.25, 0.3) is 0 Å². The zero-order valence-corrected chi connectivity index (χ0v) is 27.5. The largest absolute Gasteiger partial charge is 0.467 e. The van der Waals surface area contributed by atoms with E-state index in [1.165, 1.54) is 19.5 Å². The normalized spacial score (nSPS) is 16.3. The van der Waals surface area contributed by atoms with Crippen molar-refractivity contribution >= 4 is 41.8 Å². The zero-order valence-electron chi connectivity index (χ0n) is 25.7. The van der Waals surface area contributed by atoms with Crippen LogP contribution in [0.5, 0.6) is 0 Å². The average molecular weight is 643 g/mol. The highest BCUT2D eigenvalue weighted by atomic mass is 32.2. The van der Waals surface area contributed by atoms with Gasteiger partial charge in [-0.1, -0.05) is 50.0 Å². The van der Waals surface area contributed by atoms with Crippen LogP contribution in [-0.2, 0) is 32.5 Å². The minimum absolute atomic E-state index is 0.00895. The Hall–Kier alpha value is -3.91. The Morgan fingerprint density at radius 1 is 1.09 bits per heavy atom. The van der Waals surface area contributed by atoms with E-state index in [4.69, 9.17) is 4.74 Å². The first-order valence-electron chi connectivity index (χ1n) is 14.8. The number of fused-ring (bicyclic) bond motifs is 1. The van der Waals surface area contributed by atoms with Crippen LogP contribution in [0, 0.1) is 0 Å². The predicted octanol–water partition coefficient (Wildman–Crippen LogP) is 3.83. The predicted molar refractivity (Wildman–Crippen MR) is 171 cm³/mol. The number of nitrogens with zero attached hydrogens (tertiary/aromatic N) is 4. The zero-order chi connectivity index (χ0) is 31.9. The van der Waals surface area contributed by atoms with E-state index in [0.717, 1.165) is 15.3 Å². The Bertz CT molecular complexity index is 1520. The molecule has 1 atom stereocenters. The van der Waals surface area contributed by atoms with Crippen molar-refractivity contribution in [3.05, 3.63) is 72.1 Å². The molecule has 238 valence electrons. The molecule has 1 saturated heterocycles. The number of carbonyl (C=O) groups is 3. The standard InChI is InChI=1S/C30H42N6O6SSi/c1-42-28(37)27(21-23-9-7-15-31-36(16-8-10-23)43(40,41)19-20-44(2,3)4)33-29(38)34-17-13-25(14-18-34)35-22-24-11-5-6-12-26(24)32-30(35)39/h5-12,15-16,25,27H,13-14,17-22H2,1-4H3,(H,32,39)(H,33,38). The summed E-state index contributed by atoms with van der Waals surface area (Å²) in [5.74, 6) is -0.586. The lowest BCUT2D eigenvalue weighted by molar-refractivity contribution is -0.142. The third-order valence-corrected chi connectivity index (χ3v) is 11.4. The van der Waals surface area contributed by atoms with Gasteiger partial charge in [0.15, 0.2) is 0 Å². The number of benzene rings is 1. The van der Waals surface area contributed by atoms with Crippen LogP contribution in [0.4, 0.5) is 15.3 Å². The van der Waals surface area contributed by atoms with E-state index in [1.807, 2.05) is 29.2 Å². The number of nitrogens with one attached hydrogen (secondary N) is 2. The Labute approximate surface area is 260 Å². The summed E-state index contributed by atoms with van der Waals surface area (Å²) in [6, 6.07) is 13.4. The van der Waals surface area contributed by atoms with Crippen molar-refractivity contribution in [2.75, 3.05) is 31.3 Å². The molecule has 1 fully saturated rings. The maximum atomic E-state index is 13.2. The Morgan fingerprint density at radius 2 is 1.80 bits per heavy atom. The fourth-order valence-electron chi connectivity index (χ4n) is 5.14. The van der Waals surface area contributed by atoms with Crippen LogP contribution in [0.2, 0.25) is 25.7 Å². The van der Waals surface area contributed by atoms with Gasteiger partial charge in [0.2, 0.25) is 0 Å². The molecule has 0 saturated carbocycles. The Balaban J connectivity index is 1.38. The van der Waals surface area contributed by atoms with Crippen molar-refractivity contribution in [2.24, 2.45) is 0 Å². The van der Waals surface area contributed by atoms with E-state index >= 15 is 0 Å². The highest BCUT2D eigenvalue weighted by Crippen LogP contribution is 2.27. The summed E-state index contributed by atoms with van der Waals surface area (Å²) in [5, 5.41) is 9.82. The fourth-order valence-corrected chi connectivity index (χ4v) is 9.27. The summed E-state index contributed by atoms with van der Waals surface area (Å²) in [7, 11) is -3.93. The summed E-state index contributed by atoms with van der Waals surface area (Å²) in [4.78, 5) is 42.1. The van der Waals surface area contributed by atoms with Gasteiger partial charge in [-0.2, -0.15) is 9.19 Å². The van der Waals surface area contributed by atoms with Crippen LogP contribution < -0.4 is 10.6 Å². The lowest BCUT2D eigenvalue weighted by Crippen LogP contribution is -2.54. The molecule has 1 aromatic heterocycles. The molecule has 14 heteroatoms. The first-order chi connectivity index (χ1) is 20.9. The van der Waals surface area contributed by atoms with Crippen LogP contribution in [0.15, 0.2) is 60.9 Å². The molecule has 4 rings (SSSR count). The van der Waals surface area contributed by atoms with Crippen molar-refractivity contribution in [1.82, 2.24) is 24.3 Å². The van der Waals surface area contributed by atoms with Crippen molar-refractivity contribution in [1.29, 1.82) is 0 Å². The van der Waals surface area contributed by atoms with Crippen LogP contribution in [-0.4, -0.2) is 91.5 Å². The number of esters is 1. The number of ether oxygens (including phenoxy) is 1. The topological polar surface area (TPSA) is 143 Å². The molecular formula is C30H42N6O6SSi. The number of carbonyl (C=O) groups excluding carboxylic acids is 3. The summed E-state index contributed by atoms with van der Waals surface area (Å²) in [5.41, 5.74) is 2.55. The number of rotatable bonds is 9. The molecule has 0 bridgehead atoms. The van der Waals surface area contributed by atoms with Crippen LogP contribution in [0.3, 0.4) is 0 Å². The van der Waals surface area contributed by atoms with E-state index in [9.17, 15) is 22.8 Å². The highest BCUT2D eigenvalue weighted by Gasteiger charge is 2.33. The minimum Gasteiger partial charge on any atom is -0.467 e. The van der Waals surface area contributed by atoms with Gasteiger partial charge >= 0.3 is 18.0 Å². The number of para-hydroxylation sites is 1. The van der Waals surface area contributed by atoms with Gasteiger partial charge in [-0.25, -0.2) is 22.8 Å². The van der Waals surface area contributed by atoms with Gasteiger partial charge in [0.25, 0.3) is 10.0 Å². The molecule has 0 aliphatic carbocycles. The van der Waals surface area contributed by atoms with Crippen LogP contribution in [0.1, 0.15) is 24.0 Å². The molecule has 2 aromatic rings. The molecule has 4 amide bonds. The van der Waals surface area contributed by atoms with Gasteiger partial charge in [-0.3, -0.25) is 0 Å². The third-order valence-electron chi connectivity index (χ3n) is 7.77. The molecule has 0 radical (unpaired) electrons. The van der Waals surface area contributed by atoms with Gasteiger partial charge in [-0.15, -0.1) is 0 Å². The van der Waals surface area contributed by atoms with E-state index in [1.54, 1.807) is 29.2 Å². The third kappa shape index (κ3) is 8.82. The second-order valence-electron chi connectivity index (χ2n) is 12.3. The fraction of sp³-hybridized carbons (Fsp3) is 0.467. The van der Waals surface area contributed by atoms with Crippen molar-refractivity contribution in [3.63, 3.8) is 0 Å². The van der Waals surface area contributed by atoms with Crippen molar-refractivity contribution in [3.8, 4) is 0 Å². The monoisotopic (exact) mass is 642 g/mol. The van der Waals surface area contributed by atoms with E-state index in [0.29, 0.717) is 44.1 Å². The van der Waals surface area contributed by atoms with E-state index in [2.05, 4.69) is 35.4 Å². The number of methoxy groups -OCH3 is 1. The second-order valence-corrected chi connectivity index (χ2v) is 19.8. The summed E-state index contributed by atoms with van der Waals surface area (Å²) >= 11 is 0. The van der Waals surface area contributed by atoms with Crippen molar-refractivity contribution in [2.45, 2.75) is 63.6 Å². The molecule has 3 heterocycles. The molecule has 2 aliphatic rings. The maximum Gasteiger partial charge on any atom is 0.328 e. The van der Waals surface area contributed by atoms with E-state index < -0.39 is 36.1 Å². The number of piperidine rings is 1. The molecular weight excluding hydrogens is 601 g/mol. The lowest BCUT2D eigenvalue weighted by atomic mass is 10.0. The molecule has 2 N–H and O–H groups in total. The van der Waals surface area contributed by atoms with Gasteiger partial charge in [0.1, 0.15) is 6.04 Å². The number of anilines is 1. The average Bonchev–Trinajstić information content (AvgIpc) is 3.11. The molecule has 44 heavy (non-hydrogen) atoms. The number of aromatic nitrogens is 2.